The Labute approximate surface area is 140 Å². The number of likely N-dealkylation sites (tertiary alicyclic amines) is 1. The number of piperidine rings is 1. The molecule has 1 amide bonds. The number of hydrogen-bond acceptors (Lipinski definition) is 2. The molecule has 0 saturated carbocycles. The van der Waals surface area contributed by atoms with Crippen LogP contribution in [0.3, 0.4) is 0 Å². The van der Waals surface area contributed by atoms with Gasteiger partial charge in [-0.05, 0) is 31.9 Å². The molecule has 1 aromatic carbocycles. The van der Waals surface area contributed by atoms with E-state index in [0.29, 0.717) is 5.56 Å². The molecular formula is C15H19Cl3N2O. The van der Waals surface area contributed by atoms with Crippen molar-refractivity contribution >= 4 is 40.7 Å². The molecule has 0 aromatic heterocycles. The number of nitrogens with one attached hydrogen (secondary N) is 1. The molecule has 1 saturated heterocycles. The molecule has 0 bridgehead atoms. The van der Waals surface area contributed by atoms with E-state index in [4.69, 9.17) is 34.8 Å². The van der Waals surface area contributed by atoms with Gasteiger partial charge in [-0.15, -0.1) is 0 Å². The Bertz CT molecular complexity index is 479. The van der Waals surface area contributed by atoms with Crippen molar-refractivity contribution in [3.05, 3.63) is 35.4 Å². The van der Waals surface area contributed by atoms with Crippen LogP contribution in [0.1, 0.15) is 35.2 Å². The van der Waals surface area contributed by atoms with Crippen molar-refractivity contribution in [1.82, 2.24) is 10.2 Å². The van der Waals surface area contributed by atoms with Crippen molar-refractivity contribution in [2.75, 3.05) is 13.1 Å². The van der Waals surface area contributed by atoms with Gasteiger partial charge in [0.15, 0.2) is 0 Å². The molecule has 1 atom stereocenters. The zero-order valence-corrected chi connectivity index (χ0v) is 14.2. The quantitative estimate of drug-likeness (QED) is 0.839. The summed E-state index contributed by atoms with van der Waals surface area (Å²) < 4.78 is -1.56. The van der Waals surface area contributed by atoms with Gasteiger partial charge in [-0.25, -0.2) is 0 Å². The van der Waals surface area contributed by atoms with Crippen LogP contribution in [0.2, 0.25) is 0 Å². The van der Waals surface area contributed by atoms with E-state index in [-0.39, 0.29) is 5.91 Å². The largest absolute Gasteiger partial charge is 0.332 e. The van der Waals surface area contributed by atoms with E-state index < -0.39 is 9.96 Å². The number of rotatable bonds is 3. The van der Waals surface area contributed by atoms with Gasteiger partial charge < -0.3 is 5.32 Å². The van der Waals surface area contributed by atoms with Crippen LogP contribution in [-0.2, 0) is 0 Å². The van der Waals surface area contributed by atoms with Crippen molar-refractivity contribution in [1.29, 1.82) is 0 Å². The Kier molecular flexibility index (Phi) is 5.78. The van der Waals surface area contributed by atoms with E-state index in [9.17, 15) is 4.79 Å². The third-order valence-electron chi connectivity index (χ3n) is 3.65. The lowest BCUT2D eigenvalue weighted by Gasteiger charge is -2.38. The zero-order chi connectivity index (χ0) is 15.5. The van der Waals surface area contributed by atoms with Crippen LogP contribution in [0.5, 0.6) is 0 Å². The third kappa shape index (κ3) is 4.75. The standard InChI is InChI=1S/C15H19Cl3N2O/c1-11-5-7-12(8-6-11)13(21)19-14(15(16,17)18)20-9-3-2-4-10-20/h5-8,14H,2-4,9-10H2,1H3,(H,19,21)/t14-/m1/s1. The van der Waals surface area contributed by atoms with E-state index in [2.05, 4.69) is 5.32 Å². The van der Waals surface area contributed by atoms with Crippen LogP contribution in [0.15, 0.2) is 24.3 Å². The van der Waals surface area contributed by atoms with Gasteiger partial charge >= 0.3 is 0 Å². The molecule has 1 fully saturated rings. The van der Waals surface area contributed by atoms with Crippen LogP contribution in [0, 0.1) is 6.92 Å². The molecule has 0 spiro atoms. The lowest BCUT2D eigenvalue weighted by molar-refractivity contribution is 0.0819. The topological polar surface area (TPSA) is 32.3 Å². The second-order valence-corrected chi connectivity index (χ2v) is 7.75. The van der Waals surface area contributed by atoms with Crippen molar-refractivity contribution in [2.45, 2.75) is 36.1 Å². The number of amides is 1. The Morgan fingerprint density at radius 1 is 1.14 bits per heavy atom. The average molecular weight is 350 g/mol. The summed E-state index contributed by atoms with van der Waals surface area (Å²) in [6.07, 6.45) is 2.67. The Hall–Kier alpha value is -0.480. The normalized spacial score (nSPS) is 18.3. The molecule has 1 aliphatic rings. The highest BCUT2D eigenvalue weighted by Gasteiger charge is 2.38. The lowest BCUT2D eigenvalue weighted by atomic mass is 10.1. The summed E-state index contributed by atoms with van der Waals surface area (Å²) in [6, 6.07) is 7.33. The maximum absolute atomic E-state index is 12.3. The fourth-order valence-electron chi connectivity index (χ4n) is 2.47. The second-order valence-electron chi connectivity index (χ2n) is 5.38. The van der Waals surface area contributed by atoms with Crippen LogP contribution < -0.4 is 5.32 Å². The van der Waals surface area contributed by atoms with E-state index in [0.717, 1.165) is 31.5 Å². The number of aryl methyl sites for hydroxylation is 1. The molecule has 2 rings (SSSR count). The fourth-order valence-corrected chi connectivity index (χ4v) is 3.05. The molecule has 1 N–H and O–H groups in total. The van der Waals surface area contributed by atoms with Gasteiger partial charge in [0.25, 0.3) is 5.91 Å². The molecule has 1 heterocycles. The number of carbonyl (C=O) groups is 1. The lowest BCUT2D eigenvalue weighted by Crippen LogP contribution is -2.56. The highest BCUT2D eigenvalue weighted by atomic mass is 35.6. The molecule has 116 valence electrons. The summed E-state index contributed by atoms with van der Waals surface area (Å²) in [6.45, 7) is 3.62. The van der Waals surface area contributed by atoms with Crippen molar-refractivity contribution in [3.63, 3.8) is 0 Å². The number of halogens is 3. The molecule has 0 aliphatic carbocycles. The first-order valence-electron chi connectivity index (χ1n) is 7.06. The van der Waals surface area contributed by atoms with Gasteiger partial charge in [-0.3, -0.25) is 9.69 Å². The van der Waals surface area contributed by atoms with Crippen molar-refractivity contribution < 1.29 is 4.79 Å². The predicted molar refractivity (Wildman–Crippen MR) is 88.1 cm³/mol. The molecule has 3 nitrogen and oxygen atoms in total. The second kappa shape index (κ2) is 7.19. The third-order valence-corrected chi connectivity index (χ3v) is 4.27. The van der Waals surface area contributed by atoms with Crippen molar-refractivity contribution in [2.24, 2.45) is 0 Å². The minimum absolute atomic E-state index is 0.225. The smallest absolute Gasteiger partial charge is 0.252 e. The summed E-state index contributed by atoms with van der Waals surface area (Å²) in [5, 5.41) is 2.85. The summed E-state index contributed by atoms with van der Waals surface area (Å²) >= 11 is 18.2. The van der Waals surface area contributed by atoms with E-state index >= 15 is 0 Å². The van der Waals surface area contributed by atoms with Crippen LogP contribution in [0.25, 0.3) is 0 Å². The van der Waals surface area contributed by atoms with E-state index in [1.165, 1.54) is 6.42 Å². The first-order chi connectivity index (χ1) is 9.88. The molecule has 0 unspecified atom stereocenters. The number of nitrogens with zero attached hydrogens (tertiary/aromatic N) is 1. The number of carbonyl (C=O) groups excluding carboxylic acids is 1. The zero-order valence-electron chi connectivity index (χ0n) is 11.9. The SMILES string of the molecule is Cc1ccc(C(=O)N[C@H](N2CCCCC2)C(Cl)(Cl)Cl)cc1. The number of benzene rings is 1. The number of alkyl halides is 3. The van der Waals surface area contributed by atoms with Gasteiger partial charge in [0.1, 0.15) is 6.17 Å². The Morgan fingerprint density at radius 2 is 1.71 bits per heavy atom. The first kappa shape index (κ1) is 16.9. The molecular weight excluding hydrogens is 331 g/mol. The van der Waals surface area contributed by atoms with Crippen LogP contribution in [0.4, 0.5) is 0 Å². The summed E-state index contributed by atoms with van der Waals surface area (Å²) in [4.78, 5) is 14.4. The summed E-state index contributed by atoms with van der Waals surface area (Å²) in [5.74, 6) is -0.225. The fraction of sp³-hybridized carbons (Fsp3) is 0.533. The summed E-state index contributed by atoms with van der Waals surface area (Å²) in [7, 11) is 0. The molecule has 6 heteroatoms. The minimum atomic E-state index is -1.56. The highest BCUT2D eigenvalue weighted by Crippen LogP contribution is 2.33. The van der Waals surface area contributed by atoms with Crippen LogP contribution >= 0.6 is 34.8 Å². The van der Waals surface area contributed by atoms with Crippen molar-refractivity contribution in [3.8, 4) is 0 Å². The monoisotopic (exact) mass is 348 g/mol. The molecule has 1 aliphatic heterocycles. The minimum Gasteiger partial charge on any atom is -0.332 e. The van der Waals surface area contributed by atoms with Gasteiger partial charge in [0, 0.05) is 18.7 Å². The first-order valence-corrected chi connectivity index (χ1v) is 8.19. The van der Waals surface area contributed by atoms with Gasteiger partial charge in [-0.2, -0.15) is 0 Å². The van der Waals surface area contributed by atoms with Gasteiger partial charge in [0.05, 0.1) is 0 Å². The van der Waals surface area contributed by atoms with E-state index in [1.807, 2.05) is 24.0 Å². The van der Waals surface area contributed by atoms with E-state index in [1.54, 1.807) is 12.1 Å². The van der Waals surface area contributed by atoms with Gasteiger partial charge in [-0.1, -0.05) is 58.9 Å². The van der Waals surface area contributed by atoms with Gasteiger partial charge in [0.2, 0.25) is 3.79 Å². The Morgan fingerprint density at radius 3 is 2.24 bits per heavy atom. The predicted octanol–water partition coefficient (Wildman–Crippen LogP) is 3.91. The number of hydrogen-bond donors (Lipinski definition) is 1. The maximum atomic E-state index is 12.3. The molecule has 21 heavy (non-hydrogen) atoms. The average Bonchev–Trinajstić information content (AvgIpc) is 2.45. The summed E-state index contributed by atoms with van der Waals surface area (Å²) in [5.41, 5.74) is 1.66. The molecule has 0 radical (unpaired) electrons. The van der Waals surface area contributed by atoms with Crippen LogP contribution in [-0.4, -0.2) is 33.9 Å². The highest BCUT2D eigenvalue weighted by molar-refractivity contribution is 6.68. The molecule has 1 aromatic rings. The maximum Gasteiger partial charge on any atom is 0.252 e. The Balaban J connectivity index is 2.10.